The molecule has 0 radical (unpaired) electrons. The third-order valence-electron chi connectivity index (χ3n) is 3.57. The highest BCUT2D eigenvalue weighted by molar-refractivity contribution is 9.10. The summed E-state index contributed by atoms with van der Waals surface area (Å²) in [5, 5.41) is 3.50. The second kappa shape index (κ2) is 8.68. The van der Waals surface area contributed by atoms with Gasteiger partial charge in [0.2, 0.25) is 0 Å². The third-order valence-corrected chi connectivity index (χ3v) is 4.40. The van der Waals surface area contributed by atoms with E-state index in [4.69, 9.17) is 4.74 Å². The van der Waals surface area contributed by atoms with E-state index in [1.165, 1.54) is 34.0 Å². The zero-order valence-electron chi connectivity index (χ0n) is 13.5. The van der Waals surface area contributed by atoms with Crippen LogP contribution in [0.15, 0.2) is 10.5 Å². The van der Waals surface area contributed by atoms with Crippen molar-refractivity contribution in [3.63, 3.8) is 0 Å². The van der Waals surface area contributed by atoms with Gasteiger partial charge in [-0.2, -0.15) is 0 Å². The van der Waals surface area contributed by atoms with Crippen LogP contribution in [-0.4, -0.2) is 20.2 Å². The van der Waals surface area contributed by atoms with Gasteiger partial charge in [0, 0.05) is 4.47 Å². The van der Waals surface area contributed by atoms with Gasteiger partial charge in [-0.15, -0.1) is 0 Å². The van der Waals surface area contributed by atoms with E-state index in [2.05, 4.69) is 55.0 Å². The monoisotopic (exact) mass is 341 g/mol. The van der Waals surface area contributed by atoms with E-state index in [1.54, 1.807) is 7.11 Å². The van der Waals surface area contributed by atoms with E-state index in [0.717, 1.165) is 31.2 Å². The highest BCUT2D eigenvalue weighted by atomic mass is 79.9. The molecular weight excluding hydrogens is 314 g/mol. The van der Waals surface area contributed by atoms with Gasteiger partial charge in [0.15, 0.2) is 0 Å². The summed E-state index contributed by atoms with van der Waals surface area (Å²) in [5.74, 6) is 1.78. The topological polar surface area (TPSA) is 21.3 Å². The molecule has 0 amide bonds. The zero-order chi connectivity index (χ0) is 15.1. The maximum Gasteiger partial charge on any atom is 0.125 e. The van der Waals surface area contributed by atoms with E-state index >= 15 is 0 Å². The lowest BCUT2D eigenvalue weighted by Gasteiger charge is -2.16. The molecule has 0 heterocycles. The molecule has 0 aliphatic rings. The summed E-state index contributed by atoms with van der Waals surface area (Å²) < 4.78 is 6.77. The number of nitrogens with one attached hydrogen (secondary N) is 1. The fourth-order valence-electron chi connectivity index (χ4n) is 2.44. The summed E-state index contributed by atoms with van der Waals surface area (Å²) in [6.45, 7) is 11.0. The van der Waals surface area contributed by atoms with Crippen LogP contribution in [0.5, 0.6) is 5.75 Å². The Bertz CT molecular complexity index is 429. The Labute approximate surface area is 132 Å². The molecule has 2 nitrogen and oxygen atoms in total. The quantitative estimate of drug-likeness (QED) is 0.695. The van der Waals surface area contributed by atoms with Crippen LogP contribution in [0.25, 0.3) is 0 Å². The van der Waals surface area contributed by atoms with Crippen LogP contribution >= 0.6 is 15.9 Å². The number of aryl methyl sites for hydroxylation is 1. The Morgan fingerprint density at radius 2 is 1.95 bits per heavy atom. The molecule has 1 aromatic rings. The van der Waals surface area contributed by atoms with Crippen molar-refractivity contribution in [3.05, 3.63) is 27.2 Å². The number of halogens is 1. The molecule has 20 heavy (non-hydrogen) atoms. The lowest BCUT2D eigenvalue weighted by Crippen LogP contribution is -2.20. The lowest BCUT2D eigenvalue weighted by atomic mass is 9.98. The Hall–Kier alpha value is -0.540. The first-order chi connectivity index (χ1) is 9.47. The zero-order valence-corrected chi connectivity index (χ0v) is 15.1. The second-order valence-electron chi connectivity index (χ2n) is 5.87. The number of hydrogen-bond donors (Lipinski definition) is 1. The number of methoxy groups -OCH3 is 1. The number of rotatable bonds is 8. The van der Waals surface area contributed by atoms with Crippen LogP contribution in [0.1, 0.15) is 43.4 Å². The van der Waals surface area contributed by atoms with Gasteiger partial charge in [-0.25, -0.2) is 0 Å². The Kier molecular flexibility index (Phi) is 7.60. The first-order valence-corrected chi connectivity index (χ1v) is 8.30. The predicted molar refractivity (Wildman–Crippen MR) is 90.8 cm³/mol. The largest absolute Gasteiger partial charge is 0.496 e. The highest BCUT2D eigenvalue weighted by Crippen LogP contribution is 2.33. The van der Waals surface area contributed by atoms with Crippen molar-refractivity contribution in [2.24, 2.45) is 5.92 Å². The van der Waals surface area contributed by atoms with Crippen LogP contribution in [0.2, 0.25) is 0 Å². The average molecular weight is 342 g/mol. The van der Waals surface area contributed by atoms with Gasteiger partial charge >= 0.3 is 0 Å². The first kappa shape index (κ1) is 17.5. The minimum absolute atomic E-state index is 0.727. The standard InChI is InChI=1S/C17H28BrNO/c1-12(2)11-19-9-7-6-8-15-14(4)16(18)10-13(3)17(15)20-5/h10,12,19H,6-9,11H2,1-5H3. The van der Waals surface area contributed by atoms with E-state index in [1.807, 2.05) is 0 Å². The molecule has 1 rings (SSSR count). The molecule has 0 spiro atoms. The third kappa shape index (κ3) is 5.10. The molecule has 0 bridgehead atoms. The summed E-state index contributed by atoms with van der Waals surface area (Å²) in [4.78, 5) is 0. The maximum absolute atomic E-state index is 5.59. The number of unbranched alkanes of at least 4 members (excludes halogenated alkanes) is 1. The van der Waals surface area contributed by atoms with Crippen molar-refractivity contribution < 1.29 is 4.74 Å². The molecule has 0 saturated carbocycles. The first-order valence-electron chi connectivity index (χ1n) is 7.50. The molecule has 114 valence electrons. The molecule has 0 unspecified atom stereocenters. The molecule has 0 aliphatic carbocycles. The van der Waals surface area contributed by atoms with Gasteiger partial charge < -0.3 is 10.1 Å². The minimum atomic E-state index is 0.727. The van der Waals surface area contributed by atoms with E-state index in [0.29, 0.717) is 0 Å². The van der Waals surface area contributed by atoms with Crippen molar-refractivity contribution >= 4 is 15.9 Å². The Morgan fingerprint density at radius 3 is 2.55 bits per heavy atom. The van der Waals surface area contributed by atoms with Crippen LogP contribution in [-0.2, 0) is 6.42 Å². The van der Waals surface area contributed by atoms with Crippen molar-refractivity contribution in [2.45, 2.75) is 47.0 Å². The molecule has 3 heteroatoms. The maximum atomic E-state index is 5.59. The van der Waals surface area contributed by atoms with Crippen LogP contribution in [0.4, 0.5) is 0 Å². The molecule has 0 atom stereocenters. The van der Waals surface area contributed by atoms with Crippen molar-refractivity contribution in [2.75, 3.05) is 20.2 Å². The summed E-state index contributed by atoms with van der Waals surface area (Å²) in [7, 11) is 1.77. The van der Waals surface area contributed by atoms with Gasteiger partial charge in [-0.05, 0) is 74.9 Å². The van der Waals surface area contributed by atoms with Crippen molar-refractivity contribution in [3.8, 4) is 5.75 Å². The predicted octanol–water partition coefficient (Wildman–Crippen LogP) is 4.64. The van der Waals surface area contributed by atoms with Gasteiger partial charge in [0.05, 0.1) is 7.11 Å². The van der Waals surface area contributed by atoms with E-state index in [-0.39, 0.29) is 0 Å². The SMILES string of the molecule is COc1c(C)cc(Br)c(C)c1CCCCNCC(C)C. The molecule has 0 saturated heterocycles. The number of benzene rings is 1. The molecule has 1 aromatic carbocycles. The fraction of sp³-hybridized carbons (Fsp3) is 0.647. The van der Waals surface area contributed by atoms with Crippen LogP contribution in [0.3, 0.4) is 0 Å². The van der Waals surface area contributed by atoms with Crippen LogP contribution < -0.4 is 10.1 Å². The fourth-order valence-corrected chi connectivity index (χ4v) is 3.03. The summed E-state index contributed by atoms with van der Waals surface area (Å²) in [6, 6.07) is 2.14. The van der Waals surface area contributed by atoms with Crippen molar-refractivity contribution in [1.82, 2.24) is 5.32 Å². The van der Waals surface area contributed by atoms with Crippen LogP contribution in [0, 0.1) is 19.8 Å². The van der Waals surface area contributed by atoms with Crippen molar-refractivity contribution in [1.29, 1.82) is 0 Å². The lowest BCUT2D eigenvalue weighted by molar-refractivity contribution is 0.405. The van der Waals surface area contributed by atoms with E-state index in [9.17, 15) is 0 Å². The molecule has 0 fully saturated rings. The second-order valence-corrected chi connectivity index (χ2v) is 6.72. The normalized spacial score (nSPS) is 11.2. The summed E-state index contributed by atoms with van der Waals surface area (Å²) in [6.07, 6.45) is 3.48. The minimum Gasteiger partial charge on any atom is -0.496 e. The van der Waals surface area contributed by atoms with Gasteiger partial charge in [-0.1, -0.05) is 29.8 Å². The average Bonchev–Trinajstić information content (AvgIpc) is 2.38. The molecule has 0 aromatic heterocycles. The molecule has 1 N–H and O–H groups in total. The summed E-state index contributed by atoms with van der Waals surface area (Å²) >= 11 is 3.64. The molecular formula is C17H28BrNO. The Morgan fingerprint density at radius 1 is 1.25 bits per heavy atom. The number of hydrogen-bond acceptors (Lipinski definition) is 2. The van der Waals surface area contributed by atoms with Gasteiger partial charge in [-0.3, -0.25) is 0 Å². The highest BCUT2D eigenvalue weighted by Gasteiger charge is 2.12. The van der Waals surface area contributed by atoms with Gasteiger partial charge in [0.1, 0.15) is 5.75 Å². The van der Waals surface area contributed by atoms with Gasteiger partial charge in [0.25, 0.3) is 0 Å². The Balaban J connectivity index is 2.55. The molecule has 0 aliphatic heterocycles. The number of ether oxygens (including phenoxy) is 1. The summed E-state index contributed by atoms with van der Waals surface area (Å²) in [5.41, 5.74) is 3.86. The van der Waals surface area contributed by atoms with E-state index < -0.39 is 0 Å². The smallest absolute Gasteiger partial charge is 0.125 e.